The fourth-order valence-corrected chi connectivity index (χ4v) is 3.93. The van der Waals surface area contributed by atoms with Crippen molar-refractivity contribution in [3.05, 3.63) is 50.9 Å². The number of carbonyl (C=O) groups is 1. The van der Waals surface area contributed by atoms with Crippen molar-refractivity contribution >= 4 is 57.8 Å². The summed E-state index contributed by atoms with van der Waals surface area (Å²) in [5.41, 5.74) is 10.8. The number of amides is 1. The zero-order valence-electron chi connectivity index (χ0n) is 15.7. The third kappa shape index (κ3) is 4.48. The van der Waals surface area contributed by atoms with Gasteiger partial charge in [0.25, 0.3) is 5.91 Å². The summed E-state index contributed by atoms with van der Waals surface area (Å²) in [6, 6.07) is 4.83. The molecule has 0 saturated heterocycles. The van der Waals surface area contributed by atoms with E-state index in [2.05, 4.69) is 29.7 Å². The average Bonchev–Trinajstić information content (AvgIpc) is 2.87. The maximum atomic E-state index is 12.8. The maximum absolute atomic E-state index is 12.8. The second-order valence-corrected chi connectivity index (χ2v) is 8.83. The van der Waals surface area contributed by atoms with Gasteiger partial charge in [-0.2, -0.15) is 5.10 Å². The van der Waals surface area contributed by atoms with E-state index in [1.807, 2.05) is 6.92 Å². The molecule has 4 N–H and O–H groups in total. The summed E-state index contributed by atoms with van der Waals surface area (Å²) in [5, 5.41) is 8.05. The molecule has 0 spiro atoms. The average molecular weight is 439 g/mol. The van der Waals surface area contributed by atoms with E-state index < -0.39 is 0 Å². The standard InChI is InChI=1S/C19H20Cl2N4O2S/c1-9-15-13(24-25-18(22)28)7-19(2,3)8-14(15)27-16(9)17(26)23-12-5-10(20)4-11(21)6-12/h4-6H,7-8H2,1-3H3,(H,23,26)(H3,22,25,28)/b24-13-. The lowest BCUT2D eigenvalue weighted by Crippen LogP contribution is -2.31. The number of nitrogens with one attached hydrogen (secondary N) is 2. The smallest absolute Gasteiger partial charge is 0.291 e. The van der Waals surface area contributed by atoms with Gasteiger partial charge in [-0.3, -0.25) is 10.2 Å². The molecule has 28 heavy (non-hydrogen) atoms. The minimum atomic E-state index is -0.385. The third-order valence-electron chi connectivity index (χ3n) is 4.42. The predicted octanol–water partition coefficient (Wildman–Crippen LogP) is 4.66. The largest absolute Gasteiger partial charge is 0.455 e. The minimum Gasteiger partial charge on any atom is -0.455 e. The molecule has 0 radical (unpaired) electrons. The van der Waals surface area contributed by atoms with Crippen LogP contribution in [0.15, 0.2) is 27.7 Å². The summed E-state index contributed by atoms with van der Waals surface area (Å²) in [4.78, 5) is 12.8. The van der Waals surface area contributed by atoms with E-state index in [9.17, 15) is 4.79 Å². The minimum absolute atomic E-state index is 0.0781. The van der Waals surface area contributed by atoms with Gasteiger partial charge in [-0.25, -0.2) is 0 Å². The zero-order valence-corrected chi connectivity index (χ0v) is 18.0. The lowest BCUT2D eigenvalue weighted by molar-refractivity contribution is 0.0993. The molecule has 3 rings (SSSR count). The Kier molecular flexibility index (Phi) is 5.70. The number of fused-ring (bicyclic) bond motifs is 1. The zero-order chi connectivity index (χ0) is 20.6. The van der Waals surface area contributed by atoms with Crippen molar-refractivity contribution in [2.45, 2.75) is 33.6 Å². The molecule has 1 aliphatic rings. The van der Waals surface area contributed by atoms with Crippen molar-refractivity contribution in [2.75, 3.05) is 5.32 Å². The second kappa shape index (κ2) is 7.73. The first kappa shape index (κ1) is 20.6. The van der Waals surface area contributed by atoms with E-state index in [0.29, 0.717) is 39.9 Å². The van der Waals surface area contributed by atoms with Crippen LogP contribution in [0.3, 0.4) is 0 Å². The molecule has 6 nitrogen and oxygen atoms in total. The molecule has 0 unspecified atom stereocenters. The molecule has 2 aromatic rings. The van der Waals surface area contributed by atoms with Crippen LogP contribution in [0.25, 0.3) is 0 Å². The molecule has 9 heteroatoms. The monoisotopic (exact) mass is 438 g/mol. The Bertz CT molecular complexity index is 978. The van der Waals surface area contributed by atoms with Gasteiger partial charge in [0, 0.05) is 33.3 Å². The Hall–Kier alpha value is -2.09. The summed E-state index contributed by atoms with van der Waals surface area (Å²) in [6.45, 7) is 6.05. The SMILES string of the molecule is Cc1c(C(=O)Nc2cc(Cl)cc(Cl)c2)oc2c1/C(=N\NC(N)=S)CC(C)(C)C2. The number of benzene rings is 1. The van der Waals surface area contributed by atoms with Gasteiger partial charge in [-0.1, -0.05) is 37.0 Å². The van der Waals surface area contributed by atoms with Gasteiger partial charge in [0.1, 0.15) is 5.76 Å². The molecular weight excluding hydrogens is 419 g/mol. The van der Waals surface area contributed by atoms with Gasteiger partial charge >= 0.3 is 0 Å². The van der Waals surface area contributed by atoms with Gasteiger partial charge in [-0.05, 0) is 49.2 Å². The lowest BCUT2D eigenvalue weighted by Gasteiger charge is -2.29. The Morgan fingerprint density at radius 3 is 2.50 bits per heavy atom. The third-order valence-corrected chi connectivity index (χ3v) is 4.95. The number of nitrogens with zero attached hydrogens (tertiary/aromatic N) is 1. The highest BCUT2D eigenvalue weighted by atomic mass is 35.5. The first-order valence-electron chi connectivity index (χ1n) is 8.58. The van der Waals surface area contributed by atoms with Gasteiger partial charge in [0.05, 0.1) is 5.71 Å². The van der Waals surface area contributed by atoms with Crippen molar-refractivity contribution < 1.29 is 9.21 Å². The van der Waals surface area contributed by atoms with E-state index >= 15 is 0 Å². The lowest BCUT2D eigenvalue weighted by atomic mass is 9.75. The molecular formula is C19H20Cl2N4O2S. The molecule has 0 aliphatic heterocycles. The fourth-order valence-electron chi connectivity index (χ4n) is 3.36. The van der Waals surface area contributed by atoms with Crippen molar-refractivity contribution in [2.24, 2.45) is 16.3 Å². The van der Waals surface area contributed by atoms with Crippen LogP contribution in [0.5, 0.6) is 0 Å². The summed E-state index contributed by atoms with van der Waals surface area (Å²) in [6.07, 6.45) is 1.38. The summed E-state index contributed by atoms with van der Waals surface area (Å²) in [7, 11) is 0. The number of hydrazone groups is 1. The summed E-state index contributed by atoms with van der Waals surface area (Å²) in [5.74, 6) is 0.554. The van der Waals surface area contributed by atoms with Crippen LogP contribution in [0.1, 0.15) is 47.7 Å². The number of anilines is 1. The topological polar surface area (TPSA) is 92.6 Å². The van der Waals surface area contributed by atoms with Crippen molar-refractivity contribution in [3.63, 3.8) is 0 Å². The molecule has 0 atom stereocenters. The van der Waals surface area contributed by atoms with Gasteiger partial charge in [-0.15, -0.1) is 0 Å². The first-order chi connectivity index (χ1) is 13.1. The van der Waals surface area contributed by atoms with E-state index in [1.54, 1.807) is 18.2 Å². The summed E-state index contributed by atoms with van der Waals surface area (Å²) < 4.78 is 5.95. The Labute approximate surface area is 178 Å². The van der Waals surface area contributed by atoms with E-state index in [-0.39, 0.29) is 22.2 Å². The highest BCUT2D eigenvalue weighted by molar-refractivity contribution is 7.80. The molecule has 1 aromatic carbocycles. The number of carbonyl (C=O) groups excluding carboxylic acids is 1. The fraction of sp³-hybridized carbons (Fsp3) is 0.316. The van der Waals surface area contributed by atoms with E-state index in [4.69, 9.17) is 45.6 Å². The quantitative estimate of drug-likeness (QED) is 0.478. The number of nitrogens with two attached hydrogens (primary N) is 1. The molecule has 0 fully saturated rings. The first-order valence-corrected chi connectivity index (χ1v) is 9.74. The Balaban J connectivity index is 1.97. The highest BCUT2D eigenvalue weighted by Crippen LogP contribution is 2.39. The van der Waals surface area contributed by atoms with Crippen LogP contribution >= 0.6 is 35.4 Å². The van der Waals surface area contributed by atoms with Crippen molar-refractivity contribution in [3.8, 4) is 0 Å². The van der Waals surface area contributed by atoms with Crippen LogP contribution in [0, 0.1) is 12.3 Å². The van der Waals surface area contributed by atoms with Gasteiger partial charge in [0.15, 0.2) is 10.9 Å². The number of rotatable bonds is 3. The molecule has 0 bridgehead atoms. The number of hydrogen-bond acceptors (Lipinski definition) is 4. The number of furan rings is 1. The number of hydrogen-bond donors (Lipinski definition) is 3. The van der Waals surface area contributed by atoms with Crippen LogP contribution in [-0.4, -0.2) is 16.7 Å². The predicted molar refractivity (Wildman–Crippen MR) is 116 cm³/mol. The van der Waals surface area contributed by atoms with E-state index in [1.165, 1.54) is 0 Å². The van der Waals surface area contributed by atoms with Crippen LogP contribution in [0.4, 0.5) is 5.69 Å². The van der Waals surface area contributed by atoms with E-state index in [0.717, 1.165) is 11.3 Å². The normalized spacial score (nSPS) is 16.5. The molecule has 1 amide bonds. The van der Waals surface area contributed by atoms with Crippen molar-refractivity contribution in [1.82, 2.24) is 5.43 Å². The number of halogens is 2. The molecule has 1 aromatic heterocycles. The second-order valence-electron chi connectivity index (χ2n) is 7.52. The Morgan fingerprint density at radius 1 is 1.25 bits per heavy atom. The maximum Gasteiger partial charge on any atom is 0.291 e. The van der Waals surface area contributed by atoms with Gasteiger partial charge in [0.2, 0.25) is 0 Å². The van der Waals surface area contributed by atoms with Crippen LogP contribution in [-0.2, 0) is 6.42 Å². The van der Waals surface area contributed by atoms with Crippen LogP contribution < -0.4 is 16.5 Å². The van der Waals surface area contributed by atoms with Crippen molar-refractivity contribution in [1.29, 1.82) is 0 Å². The summed E-state index contributed by atoms with van der Waals surface area (Å²) >= 11 is 16.8. The Morgan fingerprint density at radius 2 is 1.89 bits per heavy atom. The molecule has 148 valence electrons. The van der Waals surface area contributed by atoms with Crippen LogP contribution in [0.2, 0.25) is 10.0 Å². The molecule has 0 saturated carbocycles. The molecule has 1 heterocycles. The number of thiocarbonyl (C=S) groups is 1. The highest BCUT2D eigenvalue weighted by Gasteiger charge is 2.36. The molecule has 1 aliphatic carbocycles. The van der Waals surface area contributed by atoms with Gasteiger partial charge < -0.3 is 15.5 Å².